The Morgan fingerprint density at radius 1 is 0.951 bits per heavy atom. The Kier molecular flexibility index (Phi) is 10.1. The maximum absolute atomic E-state index is 14.1. The second-order valence-electron chi connectivity index (χ2n) is 10.8. The number of nitrogens with zero attached hydrogens (tertiary/aromatic N) is 2. The van der Waals surface area contributed by atoms with Crippen molar-refractivity contribution < 1.29 is 27.1 Å². The third kappa shape index (κ3) is 8.29. The van der Waals surface area contributed by atoms with Crippen LogP contribution in [-0.2, 0) is 26.2 Å². The summed E-state index contributed by atoms with van der Waals surface area (Å²) < 4.78 is 47.7. The molecule has 0 radical (unpaired) electrons. The molecule has 220 valence electrons. The van der Waals surface area contributed by atoms with Gasteiger partial charge in [0.15, 0.2) is 0 Å². The summed E-state index contributed by atoms with van der Waals surface area (Å²) in [5, 5.41) is 2.94. The van der Waals surface area contributed by atoms with Crippen LogP contribution in [0.15, 0.2) is 77.7 Å². The highest BCUT2D eigenvalue weighted by atomic mass is 32.2. The van der Waals surface area contributed by atoms with Crippen LogP contribution >= 0.6 is 0 Å². The molecule has 0 fully saturated rings. The van der Waals surface area contributed by atoms with Crippen LogP contribution in [0.2, 0.25) is 0 Å². The van der Waals surface area contributed by atoms with Gasteiger partial charge in [-0.2, -0.15) is 0 Å². The van der Waals surface area contributed by atoms with E-state index in [2.05, 4.69) is 5.32 Å². The molecule has 3 aromatic carbocycles. The molecule has 0 unspecified atom stereocenters. The molecule has 0 aliphatic rings. The molecule has 0 aliphatic heterocycles. The lowest BCUT2D eigenvalue weighted by atomic mass is 10.1. The number of carbonyl (C=O) groups is 2. The van der Waals surface area contributed by atoms with E-state index in [0.717, 1.165) is 27.6 Å². The third-order valence-corrected chi connectivity index (χ3v) is 8.19. The summed E-state index contributed by atoms with van der Waals surface area (Å²) in [5.41, 5.74) is 1.18. The molecule has 0 saturated heterocycles. The number of amides is 2. The number of ether oxygens (including phenoxy) is 1. The molecule has 10 heteroatoms. The molecule has 2 amide bonds. The van der Waals surface area contributed by atoms with Crippen LogP contribution in [0.4, 0.5) is 10.1 Å². The van der Waals surface area contributed by atoms with E-state index in [1.165, 1.54) is 29.2 Å². The zero-order valence-corrected chi connectivity index (χ0v) is 25.2. The lowest BCUT2D eigenvalue weighted by molar-refractivity contribution is -0.141. The average Bonchev–Trinajstić information content (AvgIpc) is 2.91. The van der Waals surface area contributed by atoms with Crippen molar-refractivity contribution in [3.63, 3.8) is 0 Å². The summed E-state index contributed by atoms with van der Waals surface area (Å²) in [6.07, 6.45) is 0.297. The van der Waals surface area contributed by atoms with E-state index in [-0.39, 0.29) is 23.0 Å². The number of benzene rings is 3. The van der Waals surface area contributed by atoms with Crippen molar-refractivity contribution in [2.75, 3.05) is 18.0 Å². The smallest absolute Gasteiger partial charge is 0.264 e. The number of aryl methyl sites for hydroxylation is 1. The summed E-state index contributed by atoms with van der Waals surface area (Å²) in [6, 6.07) is 17.4. The zero-order valence-electron chi connectivity index (χ0n) is 24.3. The number of halogens is 1. The summed E-state index contributed by atoms with van der Waals surface area (Å²) in [5.74, 6) is -0.845. The minimum Gasteiger partial charge on any atom is -0.497 e. The van der Waals surface area contributed by atoms with Crippen LogP contribution < -0.4 is 14.4 Å². The van der Waals surface area contributed by atoms with Gasteiger partial charge in [0.25, 0.3) is 10.0 Å². The van der Waals surface area contributed by atoms with Crippen molar-refractivity contribution in [2.45, 2.75) is 64.1 Å². The minimum absolute atomic E-state index is 0.0144. The van der Waals surface area contributed by atoms with Crippen LogP contribution in [-0.4, -0.2) is 50.4 Å². The van der Waals surface area contributed by atoms with E-state index in [0.29, 0.717) is 12.2 Å². The monoisotopic (exact) mass is 583 g/mol. The molecule has 1 atom stereocenters. The second kappa shape index (κ2) is 13.2. The average molecular weight is 584 g/mol. The Hall–Kier alpha value is -3.92. The standard InChI is InChI=1S/C31H38FN3O5S/c1-7-28(30(37)33-31(3,4)5)34(20-23-10-16-26(40-6)17-11-23)29(36)21-35(25-14-12-24(32)13-15-25)41(38,39)27-18-8-22(2)9-19-27/h8-19,28H,7,20-21H2,1-6H3,(H,33,37)/t28-/m1/s1. The molecule has 0 saturated carbocycles. The molecule has 3 rings (SSSR count). The van der Waals surface area contributed by atoms with Crippen LogP contribution in [0.1, 0.15) is 45.2 Å². The van der Waals surface area contributed by atoms with Crippen LogP contribution in [0.5, 0.6) is 5.75 Å². The summed E-state index contributed by atoms with van der Waals surface area (Å²) >= 11 is 0. The highest BCUT2D eigenvalue weighted by molar-refractivity contribution is 7.92. The van der Waals surface area contributed by atoms with E-state index >= 15 is 0 Å². The Labute approximate surface area is 242 Å². The molecule has 8 nitrogen and oxygen atoms in total. The van der Waals surface area contributed by atoms with Crippen LogP contribution in [0, 0.1) is 12.7 Å². The molecule has 41 heavy (non-hydrogen) atoms. The van der Waals surface area contributed by atoms with E-state index in [1.807, 2.05) is 27.7 Å². The molecular weight excluding hydrogens is 545 g/mol. The number of hydrogen-bond donors (Lipinski definition) is 1. The maximum atomic E-state index is 14.1. The first-order valence-corrected chi connectivity index (χ1v) is 14.8. The number of sulfonamides is 1. The molecule has 0 aliphatic carbocycles. The number of anilines is 1. The zero-order chi connectivity index (χ0) is 30.4. The highest BCUT2D eigenvalue weighted by Crippen LogP contribution is 2.26. The second-order valence-corrected chi connectivity index (χ2v) is 12.7. The molecule has 0 aromatic heterocycles. The normalized spacial score (nSPS) is 12.4. The van der Waals surface area contributed by atoms with Gasteiger partial charge < -0.3 is 15.0 Å². The molecule has 0 spiro atoms. The Bertz CT molecular complexity index is 1440. The molecule has 3 aromatic rings. The third-order valence-electron chi connectivity index (χ3n) is 6.40. The van der Waals surface area contributed by atoms with Crippen molar-refractivity contribution in [3.05, 3.63) is 89.7 Å². The predicted molar refractivity (Wildman–Crippen MR) is 158 cm³/mol. The van der Waals surface area contributed by atoms with Gasteiger partial charge in [0.2, 0.25) is 11.8 Å². The highest BCUT2D eigenvalue weighted by Gasteiger charge is 2.34. The van der Waals surface area contributed by atoms with Gasteiger partial charge in [-0.1, -0.05) is 36.8 Å². The summed E-state index contributed by atoms with van der Waals surface area (Å²) in [6.45, 7) is 8.62. The fourth-order valence-corrected chi connectivity index (χ4v) is 5.69. The van der Waals surface area contributed by atoms with Crippen LogP contribution in [0.25, 0.3) is 0 Å². The Morgan fingerprint density at radius 3 is 2.05 bits per heavy atom. The van der Waals surface area contributed by atoms with Gasteiger partial charge >= 0.3 is 0 Å². The fraction of sp³-hybridized carbons (Fsp3) is 0.355. The van der Waals surface area contributed by atoms with E-state index in [4.69, 9.17) is 4.74 Å². The minimum atomic E-state index is -4.23. The Balaban J connectivity index is 2.06. The number of rotatable bonds is 11. The van der Waals surface area contributed by atoms with Gasteiger partial charge in [-0.25, -0.2) is 12.8 Å². The van der Waals surface area contributed by atoms with Crippen molar-refractivity contribution >= 4 is 27.5 Å². The molecule has 0 bridgehead atoms. The predicted octanol–water partition coefficient (Wildman–Crippen LogP) is 5.06. The van der Waals surface area contributed by atoms with Gasteiger partial charge in [-0.3, -0.25) is 13.9 Å². The lowest BCUT2D eigenvalue weighted by Gasteiger charge is -2.34. The van der Waals surface area contributed by atoms with Gasteiger partial charge in [-0.15, -0.1) is 0 Å². The number of nitrogens with one attached hydrogen (secondary N) is 1. The lowest BCUT2D eigenvalue weighted by Crippen LogP contribution is -2.55. The quantitative estimate of drug-likeness (QED) is 0.341. The van der Waals surface area contributed by atoms with Gasteiger partial charge in [0.1, 0.15) is 24.2 Å². The van der Waals surface area contributed by atoms with Crippen molar-refractivity contribution in [1.82, 2.24) is 10.2 Å². The van der Waals surface area contributed by atoms with Gasteiger partial charge in [0, 0.05) is 12.1 Å². The van der Waals surface area contributed by atoms with Gasteiger partial charge in [-0.05, 0) is 88.2 Å². The largest absolute Gasteiger partial charge is 0.497 e. The van der Waals surface area contributed by atoms with E-state index in [1.54, 1.807) is 50.4 Å². The summed E-state index contributed by atoms with van der Waals surface area (Å²) in [4.78, 5) is 28.8. The SMILES string of the molecule is CC[C@H](C(=O)NC(C)(C)C)N(Cc1ccc(OC)cc1)C(=O)CN(c1ccc(F)cc1)S(=O)(=O)c1ccc(C)cc1. The number of carbonyl (C=O) groups excluding carboxylic acids is 2. The van der Waals surface area contributed by atoms with Crippen molar-refractivity contribution in [2.24, 2.45) is 0 Å². The molecular formula is C31H38FN3O5S. The maximum Gasteiger partial charge on any atom is 0.264 e. The van der Waals surface area contributed by atoms with E-state index in [9.17, 15) is 22.4 Å². The molecule has 1 N–H and O–H groups in total. The first-order valence-electron chi connectivity index (χ1n) is 13.3. The van der Waals surface area contributed by atoms with Crippen molar-refractivity contribution in [3.8, 4) is 5.75 Å². The number of methoxy groups -OCH3 is 1. The van der Waals surface area contributed by atoms with Crippen molar-refractivity contribution in [1.29, 1.82) is 0 Å². The first kappa shape index (κ1) is 31.6. The molecule has 0 heterocycles. The fourth-order valence-electron chi connectivity index (χ4n) is 4.27. The first-order chi connectivity index (χ1) is 19.2. The Morgan fingerprint density at radius 2 is 1.54 bits per heavy atom. The summed E-state index contributed by atoms with van der Waals surface area (Å²) in [7, 11) is -2.68. The van der Waals surface area contributed by atoms with Crippen LogP contribution in [0.3, 0.4) is 0 Å². The topological polar surface area (TPSA) is 96.0 Å². The number of hydrogen-bond acceptors (Lipinski definition) is 5. The van der Waals surface area contributed by atoms with Gasteiger partial charge in [0.05, 0.1) is 17.7 Å². The van der Waals surface area contributed by atoms with E-state index < -0.39 is 39.9 Å².